The van der Waals surface area contributed by atoms with Gasteiger partial charge < -0.3 is 0 Å². The van der Waals surface area contributed by atoms with Crippen LogP contribution in [0.25, 0.3) is 0 Å². The van der Waals surface area contributed by atoms with Crippen molar-refractivity contribution in [3.05, 3.63) is 0 Å². The van der Waals surface area contributed by atoms with Crippen LogP contribution in [0, 0.1) is 11.3 Å². The van der Waals surface area contributed by atoms with E-state index in [2.05, 4.69) is 30.0 Å². The van der Waals surface area contributed by atoms with Crippen LogP contribution in [0.2, 0.25) is 0 Å². The van der Waals surface area contributed by atoms with Crippen LogP contribution in [0.4, 0.5) is 0 Å². The van der Waals surface area contributed by atoms with Gasteiger partial charge in [-0.15, -0.1) is 9.24 Å². The van der Waals surface area contributed by atoms with Crippen LogP contribution in [-0.2, 0) is 0 Å². The van der Waals surface area contributed by atoms with Crippen LogP contribution in [0.3, 0.4) is 0 Å². The van der Waals surface area contributed by atoms with Gasteiger partial charge in [-0.25, -0.2) is 0 Å². The third-order valence-electron chi connectivity index (χ3n) is 2.48. The van der Waals surface area contributed by atoms with E-state index in [9.17, 15) is 0 Å². The van der Waals surface area contributed by atoms with E-state index >= 15 is 0 Å². The summed E-state index contributed by atoms with van der Waals surface area (Å²) in [7, 11) is 8.61. The maximum atomic E-state index is 5.87. The second kappa shape index (κ2) is 2.24. The topological polar surface area (TPSA) is 0 Å². The Morgan fingerprint density at radius 3 is 1.90 bits per heavy atom. The average molecular weight is 154 g/mol. The first-order chi connectivity index (χ1) is 4.31. The largest absolute Gasteiger partial charge is 0.140 e. The predicted octanol–water partition coefficient (Wildman–Crippen LogP) is 2.18. The van der Waals surface area contributed by atoms with Gasteiger partial charge in [-0.3, -0.25) is 0 Å². The molecule has 10 heavy (non-hydrogen) atoms. The van der Waals surface area contributed by atoms with Gasteiger partial charge in [0.2, 0.25) is 0 Å². The highest BCUT2D eigenvalue weighted by Crippen LogP contribution is 2.50. The van der Waals surface area contributed by atoms with Crippen molar-refractivity contribution in [2.24, 2.45) is 11.3 Å². The molecule has 1 unspecified atom stereocenters. The zero-order valence-corrected chi connectivity index (χ0v) is 8.30. The number of hydrogen-bond donors (Lipinski definition) is 0. The molecule has 0 N–H and O–H groups in total. The highest BCUT2D eigenvalue weighted by atomic mass is 31.0. The fourth-order valence-corrected chi connectivity index (χ4v) is 2.04. The van der Waals surface area contributed by atoms with E-state index in [0.717, 1.165) is 5.92 Å². The molecule has 1 fully saturated rings. The average Bonchev–Trinajstić information content (AvgIpc) is 1.56. The summed E-state index contributed by atoms with van der Waals surface area (Å²) >= 11 is 0. The minimum atomic E-state index is 0.0674. The Bertz CT molecular complexity index is 127. The summed E-state index contributed by atoms with van der Waals surface area (Å²) in [5, 5.41) is 0.0674. The quantitative estimate of drug-likeness (QED) is 0.370. The smallest absolute Gasteiger partial charge is 0.0803 e. The van der Waals surface area contributed by atoms with Crippen LogP contribution >= 0.6 is 9.24 Å². The maximum Gasteiger partial charge on any atom is 0.0803 e. The lowest BCUT2D eigenvalue weighted by molar-refractivity contribution is 0.132. The molecule has 1 aliphatic rings. The monoisotopic (exact) mass is 154 g/mol. The van der Waals surface area contributed by atoms with Crippen molar-refractivity contribution in [2.45, 2.75) is 38.7 Å². The molecule has 0 amide bonds. The molecule has 0 aliphatic heterocycles. The molecule has 0 bridgehead atoms. The predicted molar refractivity (Wildman–Crippen MR) is 50.4 cm³/mol. The molecule has 0 nitrogen and oxygen atoms in total. The molecule has 0 aromatic rings. The summed E-state index contributed by atoms with van der Waals surface area (Å²) in [6, 6.07) is 0. The molecule has 2 radical (unpaired) electrons. The van der Waals surface area contributed by atoms with Crippen LogP contribution in [0.15, 0.2) is 0 Å². The van der Waals surface area contributed by atoms with Crippen LogP contribution < -0.4 is 0 Å². The zero-order valence-electron chi connectivity index (χ0n) is 7.15. The lowest BCUT2D eigenvalue weighted by Gasteiger charge is -2.49. The van der Waals surface area contributed by atoms with E-state index in [1.54, 1.807) is 0 Å². The number of hydrogen-bond acceptors (Lipinski definition) is 0. The maximum absolute atomic E-state index is 5.87. The van der Waals surface area contributed by atoms with Gasteiger partial charge in [-0.05, 0) is 24.2 Å². The van der Waals surface area contributed by atoms with Crippen molar-refractivity contribution in [3.8, 4) is 0 Å². The highest BCUT2D eigenvalue weighted by Gasteiger charge is 2.41. The summed E-state index contributed by atoms with van der Waals surface area (Å²) < 4.78 is 0. The van der Waals surface area contributed by atoms with Crippen molar-refractivity contribution < 1.29 is 0 Å². The van der Waals surface area contributed by atoms with Crippen LogP contribution in [-0.4, -0.2) is 12.9 Å². The van der Waals surface area contributed by atoms with Crippen LogP contribution in [0.5, 0.6) is 0 Å². The second-order valence-electron chi connectivity index (χ2n) is 4.70. The molecule has 0 saturated heterocycles. The van der Waals surface area contributed by atoms with E-state index in [-0.39, 0.29) is 5.06 Å². The first-order valence-corrected chi connectivity index (χ1v) is 4.47. The van der Waals surface area contributed by atoms with Crippen molar-refractivity contribution in [2.75, 3.05) is 0 Å². The summed E-state index contributed by atoms with van der Waals surface area (Å²) in [5.41, 5.74) is 0.458. The summed E-state index contributed by atoms with van der Waals surface area (Å²) in [5.74, 6) is 0.829. The zero-order chi connectivity index (χ0) is 7.99. The normalized spacial score (nSPS) is 41.0. The fourth-order valence-electron chi connectivity index (χ4n) is 1.47. The first kappa shape index (κ1) is 8.59. The molecule has 1 atom stereocenters. The lowest BCUT2D eigenvalue weighted by Crippen LogP contribution is -2.44. The second-order valence-corrected chi connectivity index (χ2v) is 5.85. The molecule has 1 rings (SSSR count). The SMILES string of the molecule is [B]C1(P)CC(C(C)(C)C)C1. The van der Waals surface area contributed by atoms with Gasteiger partial charge in [0.1, 0.15) is 0 Å². The first-order valence-electron chi connectivity index (χ1n) is 3.89. The molecular formula is C8H16BP. The molecule has 0 aromatic heterocycles. The number of rotatable bonds is 0. The van der Waals surface area contributed by atoms with Gasteiger partial charge in [0.15, 0.2) is 0 Å². The highest BCUT2D eigenvalue weighted by molar-refractivity contribution is 7.22. The Morgan fingerprint density at radius 1 is 1.40 bits per heavy atom. The standard InChI is InChI=1S/C8H16BP/c1-7(2,3)6-4-8(9,10)5-6/h6H,4-5,10H2,1-3H3. The van der Waals surface area contributed by atoms with Crippen molar-refractivity contribution in [1.29, 1.82) is 0 Å². The molecule has 0 heterocycles. The molecule has 56 valence electrons. The summed E-state index contributed by atoms with van der Waals surface area (Å²) in [4.78, 5) is 0. The van der Waals surface area contributed by atoms with Gasteiger partial charge >= 0.3 is 0 Å². The molecular weight excluding hydrogens is 138 g/mol. The Hall–Kier alpha value is 0.495. The Labute approximate surface area is 67.8 Å². The molecule has 1 aliphatic carbocycles. The van der Waals surface area contributed by atoms with Gasteiger partial charge in [-0.1, -0.05) is 25.8 Å². The van der Waals surface area contributed by atoms with Crippen molar-refractivity contribution in [3.63, 3.8) is 0 Å². The molecule has 2 heteroatoms. The van der Waals surface area contributed by atoms with Gasteiger partial charge in [0, 0.05) is 0 Å². The molecule has 0 spiro atoms. The van der Waals surface area contributed by atoms with Gasteiger partial charge in [0.05, 0.1) is 7.85 Å². The molecule has 1 saturated carbocycles. The van der Waals surface area contributed by atoms with Gasteiger partial charge in [-0.2, -0.15) is 0 Å². The third kappa shape index (κ3) is 1.75. The van der Waals surface area contributed by atoms with Gasteiger partial charge in [0.25, 0.3) is 0 Å². The summed E-state index contributed by atoms with van der Waals surface area (Å²) in [6.07, 6.45) is 2.34. The van der Waals surface area contributed by atoms with Crippen LogP contribution in [0.1, 0.15) is 33.6 Å². The molecule has 0 aromatic carbocycles. The van der Waals surface area contributed by atoms with E-state index in [0.29, 0.717) is 5.41 Å². The van der Waals surface area contributed by atoms with E-state index in [1.165, 1.54) is 12.8 Å². The Balaban J connectivity index is 2.40. The Kier molecular flexibility index (Phi) is 1.92. The Morgan fingerprint density at radius 2 is 1.80 bits per heavy atom. The van der Waals surface area contributed by atoms with E-state index in [4.69, 9.17) is 7.85 Å². The minimum absolute atomic E-state index is 0.0674. The van der Waals surface area contributed by atoms with Crippen molar-refractivity contribution >= 4 is 17.1 Å². The summed E-state index contributed by atoms with van der Waals surface area (Å²) in [6.45, 7) is 6.87. The van der Waals surface area contributed by atoms with Crippen molar-refractivity contribution in [1.82, 2.24) is 0 Å². The van der Waals surface area contributed by atoms with E-state index in [1.807, 2.05) is 0 Å². The van der Waals surface area contributed by atoms with E-state index < -0.39 is 0 Å². The minimum Gasteiger partial charge on any atom is -0.140 e. The fraction of sp³-hybridized carbons (Fsp3) is 1.00. The third-order valence-corrected chi connectivity index (χ3v) is 2.95. The lowest BCUT2D eigenvalue weighted by atomic mass is 9.56.